The molecule has 0 bridgehead atoms. The number of carbonyl (C=O) groups is 5. The minimum absolute atomic E-state index is 0.0195. The highest BCUT2D eigenvalue weighted by Gasteiger charge is 2.38. The summed E-state index contributed by atoms with van der Waals surface area (Å²) in [4.78, 5) is 61.6. The maximum atomic E-state index is 12.1. The number of amides is 5. The van der Waals surface area contributed by atoms with E-state index in [9.17, 15) is 24.0 Å². The van der Waals surface area contributed by atoms with Crippen molar-refractivity contribution < 1.29 is 29.1 Å². The fraction of sp³-hybridized carbons (Fsp3) is 0.538. The zero-order valence-corrected chi connectivity index (χ0v) is 13.5. The topological polar surface area (TPSA) is 197 Å². The van der Waals surface area contributed by atoms with Gasteiger partial charge in [0.05, 0.1) is 5.92 Å². The average molecular weight is 356 g/mol. The molecule has 12 heteroatoms. The molecule has 5 amide bonds. The number of rotatable bonds is 8. The first-order valence-corrected chi connectivity index (χ1v) is 7.35. The number of carbonyl (C=O) groups excluding carboxylic acids is 4. The van der Waals surface area contributed by atoms with Crippen LogP contribution < -0.4 is 22.1 Å². The van der Waals surface area contributed by atoms with Gasteiger partial charge in [-0.15, -0.1) is 0 Å². The van der Waals surface area contributed by atoms with Gasteiger partial charge in [0, 0.05) is 13.0 Å². The maximum absolute atomic E-state index is 12.1. The molecule has 1 fully saturated rings. The molecule has 0 aromatic rings. The third kappa shape index (κ3) is 6.08. The third-order valence-electron chi connectivity index (χ3n) is 3.34. The monoisotopic (exact) mass is 356 g/mol. The van der Waals surface area contributed by atoms with E-state index < -0.39 is 54.2 Å². The van der Waals surface area contributed by atoms with Crippen LogP contribution in [0.15, 0.2) is 4.99 Å². The Morgan fingerprint density at radius 2 is 2.00 bits per heavy atom. The molecule has 0 aromatic heterocycles. The van der Waals surface area contributed by atoms with Crippen molar-refractivity contribution in [1.29, 1.82) is 0 Å². The summed E-state index contributed by atoms with van der Waals surface area (Å²) in [5, 5.41) is 13.4. The predicted octanol–water partition coefficient (Wildman–Crippen LogP) is -2.68. The lowest BCUT2D eigenvalue weighted by atomic mass is 10.1. The number of nitrogens with one attached hydrogen (secondary N) is 2. The Bertz CT molecular complexity index is 614. The standard InChI is InChI=1S/C13H20N6O6/c1-6(11(23)24)4-16-9(21)5-19-10(22)7(17-13(19)25)2-3-8(20)18-12(14)15/h6-7H,2-5H2,1H3,(H,16,21)(H,17,25)(H,23,24)(H4,14,15,18,20). The Labute approximate surface area is 142 Å². The van der Waals surface area contributed by atoms with Crippen molar-refractivity contribution in [3.63, 3.8) is 0 Å². The van der Waals surface area contributed by atoms with Gasteiger partial charge in [0.25, 0.3) is 5.91 Å². The number of carboxylic acids is 1. The quantitative estimate of drug-likeness (QED) is 0.176. The number of nitrogens with two attached hydrogens (primary N) is 2. The lowest BCUT2D eigenvalue weighted by Gasteiger charge is -2.14. The smallest absolute Gasteiger partial charge is 0.325 e. The van der Waals surface area contributed by atoms with Crippen molar-refractivity contribution >= 4 is 35.7 Å². The zero-order valence-electron chi connectivity index (χ0n) is 13.5. The number of nitrogens with zero attached hydrogens (tertiary/aromatic N) is 2. The van der Waals surface area contributed by atoms with E-state index in [4.69, 9.17) is 16.6 Å². The lowest BCUT2D eigenvalue weighted by Crippen LogP contribution is -2.42. The summed E-state index contributed by atoms with van der Waals surface area (Å²) in [5.74, 6) is -4.26. The van der Waals surface area contributed by atoms with Gasteiger partial charge in [-0.05, 0) is 6.42 Å². The van der Waals surface area contributed by atoms with Crippen LogP contribution in [0.1, 0.15) is 19.8 Å². The molecule has 2 unspecified atom stereocenters. The van der Waals surface area contributed by atoms with Gasteiger partial charge in [0.1, 0.15) is 12.6 Å². The number of hydrogen-bond donors (Lipinski definition) is 5. The molecule has 1 aliphatic heterocycles. The highest BCUT2D eigenvalue weighted by atomic mass is 16.4. The number of aliphatic imine (C=N–C) groups is 1. The van der Waals surface area contributed by atoms with E-state index in [2.05, 4.69) is 15.6 Å². The number of carboxylic acid groups (broad SMARTS) is 1. The average Bonchev–Trinajstić information content (AvgIpc) is 2.77. The van der Waals surface area contributed by atoms with Gasteiger partial charge in [-0.3, -0.25) is 24.1 Å². The Hall–Kier alpha value is -3.18. The van der Waals surface area contributed by atoms with Crippen molar-refractivity contribution in [2.45, 2.75) is 25.8 Å². The largest absolute Gasteiger partial charge is 0.481 e. The Morgan fingerprint density at radius 1 is 1.36 bits per heavy atom. The van der Waals surface area contributed by atoms with Crippen molar-refractivity contribution in [3.05, 3.63) is 0 Å². The summed E-state index contributed by atoms with van der Waals surface area (Å²) in [6.45, 7) is 0.726. The second kappa shape index (κ2) is 8.61. The highest BCUT2D eigenvalue weighted by molar-refractivity contribution is 6.06. The fourth-order valence-corrected chi connectivity index (χ4v) is 1.94. The SMILES string of the molecule is CC(CNC(=O)CN1C(=O)NC(CCC(=O)N=C(N)N)C1=O)C(=O)O. The van der Waals surface area contributed by atoms with Crippen molar-refractivity contribution in [2.24, 2.45) is 22.4 Å². The van der Waals surface area contributed by atoms with E-state index in [1.807, 2.05) is 0 Å². The van der Waals surface area contributed by atoms with Crippen molar-refractivity contribution in [2.75, 3.05) is 13.1 Å². The highest BCUT2D eigenvalue weighted by Crippen LogP contribution is 2.11. The minimum atomic E-state index is -1.08. The van der Waals surface area contributed by atoms with Crippen LogP contribution in [0.5, 0.6) is 0 Å². The molecule has 2 atom stereocenters. The number of aliphatic carboxylic acids is 1. The maximum Gasteiger partial charge on any atom is 0.325 e. The molecule has 12 nitrogen and oxygen atoms in total. The van der Waals surface area contributed by atoms with Gasteiger partial charge in [-0.1, -0.05) is 6.92 Å². The van der Waals surface area contributed by atoms with E-state index in [0.29, 0.717) is 4.90 Å². The molecular formula is C13H20N6O6. The van der Waals surface area contributed by atoms with E-state index in [1.165, 1.54) is 6.92 Å². The van der Waals surface area contributed by atoms with Crippen LogP contribution in [0.2, 0.25) is 0 Å². The first kappa shape index (κ1) is 19.9. The molecule has 0 radical (unpaired) electrons. The Morgan fingerprint density at radius 3 is 2.56 bits per heavy atom. The first-order valence-electron chi connectivity index (χ1n) is 7.35. The molecule has 1 heterocycles. The van der Waals surface area contributed by atoms with E-state index in [0.717, 1.165) is 0 Å². The zero-order chi connectivity index (χ0) is 19.1. The molecule has 138 valence electrons. The number of imide groups is 1. The number of guanidine groups is 1. The molecule has 0 spiro atoms. The number of urea groups is 1. The minimum Gasteiger partial charge on any atom is -0.481 e. The van der Waals surface area contributed by atoms with Gasteiger partial charge >= 0.3 is 12.0 Å². The summed E-state index contributed by atoms with van der Waals surface area (Å²) in [5.41, 5.74) is 10.1. The van der Waals surface area contributed by atoms with Gasteiger partial charge in [0.2, 0.25) is 11.8 Å². The molecule has 25 heavy (non-hydrogen) atoms. The molecule has 0 saturated carbocycles. The second-order valence-electron chi connectivity index (χ2n) is 5.44. The van der Waals surface area contributed by atoms with Gasteiger partial charge in [-0.2, -0.15) is 4.99 Å². The van der Waals surface area contributed by atoms with Crippen LogP contribution in [0.3, 0.4) is 0 Å². The van der Waals surface area contributed by atoms with Gasteiger partial charge in [0.15, 0.2) is 5.96 Å². The predicted molar refractivity (Wildman–Crippen MR) is 83.9 cm³/mol. The summed E-state index contributed by atoms with van der Waals surface area (Å²) >= 11 is 0. The van der Waals surface area contributed by atoms with Crippen molar-refractivity contribution in [3.8, 4) is 0 Å². The molecule has 1 saturated heterocycles. The first-order chi connectivity index (χ1) is 11.6. The fourth-order valence-electron chi connectivity index (χ4n) is 1.94. The van der Waals surface area contributed by atoms with Crippen LogP contribution in [0.4, 0.5) is 4.79 Å². The number of hydrogen-bond acceptors (Lipinski definition) is 5. The summed E-state index contributed by atoms with van der Waals surface area (Å²) < 4.78 is 0. The van der Waals surface area contributed by atoms with Crippen LogP contribution in [-0.4, -0.2) is 64.8 Å². The molecule has 0 aliphatic carbocycles. The lowest BCUT2D eigenvalue weighted by molar-refractivity contribution is -0.141. The molecule has 0 aromatic carbocycles. The molecule has 1 aliphatic rings. The van der Waals surface area contributed by atoms with E-state index in [-0.39, 0.29) is 19.4 Å². The van der Waals surface area contributed by atoms with Crippen molar-refractivity contribution in [1.82, 2.24) is 15.5 Å². The Balaban J connectivity index is 2.51. The normalized spacial score (nSPS) is 17.6. The summed E-state index contributed by atoms with van der Waals surface area (Å²) in [6.07, 6.45) is -0.181. The van der Waals surface area contributed by atoms with Crippen LogP contribution in [-0.2, 0) is 19.2 Å². The second-order valence-corrected chi connectivity index (χ2v) is 5.44. The molecule has 7 N–H and O–H groups in total. The summed E-state index contributed by atoms with van der Waals surface area (Å²) in [7, 11) is 0. The van der Waals surface area contributed by atoms with Crippen LogP contribution in [0, 0.1) is 5.92 Å². The molecular weight excluding hydrogens is 336 g/mol. The Kier molecular flexibility index (Phi) is 6.84. The summed E-state index contributed by atoms with van der Waals surface area (Å²) in [6, 6.07) is -1.73. The molecule has 1 rings (SSSR count). The third-order valence-corrected chi connectivity index (χ3v) is 3.34. The van der Waals surface area contributed by atoms with E-state index >= 15 is 0 Å². The van der Waals surface area contributed by atoms with E-state index in [1.54, 1.807) is 0 Å². The van der Waals surface area contributed by atoms with Crippen LogP contribution >= 0.6 is 0 Å². The van der Waals surface area contributed by atoms with Gasteiger partial charge in [-0.25, -0.2) is 4.79 Å². The van der Waals surface area contributed by atoms with Crippen LogP contribution in [0.25, 0.3) is 0 Å². The van der Waals surface area contributed by atoms with Gasteiger partial charge < -0.3 is 27.2 Å².